The van der Waals surface area contributed by atoms with Crippen molar-refractivity contribution in [2.45, 2.75) is 44.8 Å². The lowest BCUT2D eigenvalue weighted by molar-refractivity contribution is 0.108. The number of sulfone groups is 1. The maximum Gasteiger partial charge on any atom is 0.148 e. The molecule has 4 nitrogen and oxygen atoms in total. The normalized spacial score (nSPS) is 28.9. The van der Waals surface area contributed by atoms with Gasteiger partial charge in [-0.15, -0.1) is 0 Å². The van der Waals surface area contributed by atoms with Crippen molar-refractivity contribution in [3.05, 3.63) is 0 Å². The zero-order chi connectivity index (χ0) is 12.2. The molecule has 0 heterocycles. The van der Waals surface area contributed by atoms with E-state index in [0.717, 1.165) is 32.2 Å². The number of rotatable bonds is 5. The molecule has 96 valence electrons. The van der Waals surface area contributed by atoms with Crippen molar-refractivity contribution in [2.75, 3.05) is 18.6 Å². The minimum absolute atomic E-state index is 0.0156. The second kappa shape index (κ2) is 5.98. The quantitative estimate of drug-likeness (QED) is 0.747. The van der Waals surface area contributed by atoms with Crippen LogP contribution in [-0.2, 0) is 9.84 Å². The molecule has 0 amide bonds. The molecule has 1 rings (SSSR count). The average Bonchev–Trinajstić information content (AvgIpc) is 2.14. The van der Waals surface area contributed by atoms with Crippen molar-refractivity contribution < 1.29 is 13.5 Å². The van der Waals surface area contributed by atoms with Crippen LogP contribution in [0.1, 0.15) is 32.6 Å². The fraction of sp³-hybridized carbons (Fsp3) is 1.00. The highest BCUT2D eigenvalue weighted by Gasteiger charge is 2.20. The number of aliphatic hydroxyl groups excluding tert-OH is 1. The van der Waals surface area contributed by atoms with Crippen molar-refractivity contribution in [1.82, 2.24) is 5.32 Å². The van der Waals surface area contributed by atoms with Crippen molar-refractivity contribution in [3.63, 3.8) is 0 Å². The van der Waals surface area contributed by atoms with E-state index in [1.807, 2.05) is 6.92 Å². The molecule has 1 fully saturated rings. The smallest absolute Gasteiger partial charge is 0.148 e. The van der Waals surface area contributed by atoms with Gasteiger partial charge in [0.1, 0.15) is 9.84 Å². The van der Waals surface area contributed by atoms with E-state index in [1.54, 1.807) is 0 Å². The van der Waals surface area contributed by atoms with Gasteiger partial charge in [-0.05, 0) is 45.1 Å². The maximum absolute atomic E-state index is 11.1. The van der Waals surface area contributed by atoms with Crippen LogP contribution in [0.15, 0.2) is 0 Å². The van der Waals surface area contributed by atoms with Crippen molar-refractivity contribution in [1.29, 1.82) is 0 Å². The van der Waals surface area contributed by atoms with Gasteiger partial charge in [-0.25, -0.2) is 8.42 Å². The lowest BCUT2D eigenvalue weighted by Crippen LogP contribution is -2.37. The van der Waals surface area contributed by atoms with Gasteiger partial charge < -0.3 is 10.4 Å². The predicted octanol–water partition coefficient (Wildman–Crippen LogP) is 0.560. The number of nitrogens with one attached hydrogen (secondary N) is 1. The summed E-state index contributed by atoms with van der Waals surface area (Å²) in [6.45, 7) is 2.77. The first-order valence-electron chi connectivity index (χ1n) is 5.96. The average molecular weight is 249 g/mol. The number of hydrogen-bond donors (Lipinski definition) is 2. The van der Waals surface area contributed by atoms with E-state index in [4.69, 9.17) is 0 Å². The van der Waals surface area contributed by atoms with Crippen LogP contribution in [0.25, 0.3) is 0 Å². The summed E-state index contributed by atoms with van der Waals surface area (Å²) < 4.78 is 22.1. The molecule has 0 saturated heterocycles. The first-order valence-corrected chi connectivity index (χ1v) is 8.02. The van der Waals surface area contributed by atoms with Gasteiger partial charge >= 0.3 is 0 Å². The molecule has 0 radical (unpaired) electrons. The molecule has 0 aromatic rings. The Hall–Kier alpha value is -0.130. The summed E-state index contributed by atoms with van der Waals surface area (Å²) >= 11 is 0. The number of hydrogen-bond acceptors (Lipinski definition) is 4. The summed E-state index contributed by atoms with van der Waals surface area (Å²) in [5, 5.41) is 12.6. The fourth-order valence-corrected chi connectivity index (χ4v) is 3.26. The largest absolute Gasteiger partial charge is 0.393 e. The molecule has 1 atom stereocenters. The van der Waals surface area contributed by atoms with Crippen molar-refractivity contribution in [2.24, 2.45) is 5.92 Å². The van der Waals surface area contributed by atoms with Gasteiger partial charge in [0, 0.05) is 12.3 Å². The van der Waals surface area contributed by atoms with E-state index in [-0.39, 0.29) is 17.9 Å². The van der Waals surface area contributed by atoms with Crippen LogP contribution >= 0.6 is 0 Å². The molecule has 1 aliphatic carbocycles. The zero-order valence-corrected chi connectivity index (χ0v) is 11.0. The lowest BCUT2D eigenvalue weighted by atomic mass is 9.87. The maximum atomic E-state index is 11.1. The second-order valence-electron chi connectivity index (χ2n) is 5.08. The van der Waals surface area contributed by atoms with E-state index < -0.39 is 9.84 Å². The standard InChI is InChI=1S/C11H23NO3S/c1-9(8-16(2,14)15)12-7-10-3-5-11(13)6-4-10/h9-13H,3-8H2,1-2H3. The molecule has 16 heavy (non-hydrogen) atoms. The monoisotopic (exact) mass is 249 g/mol. The Morgan fingerprint density at radius 1 is 1.31 bits per heavy atom. The van der Waals surface area contributed by atoms with Crippen LogP contribution in [0, 0.1) is 5.92 Å². The summed E-state index contributed by atoms with van der Waals surface area (Å²) in [4.78, 5) is 0. The molecular weight excluding hydrogens is 226 g/mol. The van der Waals surface area contributed by atoms with Crippen molar-refractivity contribution >= 4 is 9.84 Å². The Kier molecular flexibility index (Phi) is 5.21. The molecule has 1 unspecified atom stereocenters. The first-order chi connectivity index (χ1) is 7.37. The number of aliphatic hydroxyl groups is 1. The van der Waals surface area contributed by atoms with E-state index >= 15 is 0 Å². The molecule has 2 N–H and O–H groups in total. The van der Waals surface area contributed by atoms with Gasteiger partial charge in [0.05, 0.1) is 11.9 Å². The molecule has 5 heteroatoms. The van der Waals surface area contributed by atoms with E-state index in [1.165, 1.54) is 6.26 Å². The van der Waals surface area contributed by atoms with Gasteiger partial charge in [-0.2, -0.15) is 0 Å². The Bertz CT molecular complexity index is 294. The van der Waals surface area contributed by atoms with Crippen LogP contribution in [0.3, 0.4) is 0 Å². The summed E-state index contributed by atoms with van der Waals surface area (Å²) in [5.41, 5.74) is 0. The first kappa shape index (κ1) is 13.9. The van der Waals surface area contributed by atoms with Crippen LogP contribution in [0.2, 0.25) is 0 Å². The molecule has 0 aliphatic heterocycles. The van der Waals surface area contributed by atoms with Crippen LogP contribution in [-0.4, -0.2) is 44.2 Å². The summed E-state index contributed by atoms with van der Waals surface area (Å²) in [6.07, 6.45) is 4.99. The van der Waals surface area contributed by atoms with Crippen LogP contribution < -0.4 is 5.32 Å². The van der Waals surface area contributed by atoms with Gasteiger partial charge in [0.2, 0.25) is 0 Å². The summed E-state index contributed by atoms with van der Waals surface area (Å²) in [6, 6.07) is 0.0156. The van der Waals surface area contributed by atoms with Crippen LogP contribution in [0.5, 0.6) is 0 Å². The third-order valence-electron chi connectivity index (χ3n) is 3.12. The Labute approximate surface area is 98.4 Å². The highest BCUT2D eigenvalue weighted by Crippen LogP contribution is 2.23. The third kappa shape index (κ3) is 5.82. The van der Waals surface area contributed by atoms with Gasteiger partial charge in [-0.1, -0.05) is 0 Å². The van der Waals surface area contributed by atoms with Gasteiger partial charge in [0.15, 0.2) is 0 Å². The highest BCUT2D eigenvalue weighted by molar-refractivity contribution is 7.90. The molecule has 1 aliphatic rings. The van der Waals surface area contributed by atoms with Crippen LogP contribution in [0.4, 0.5) is 0 Å². The minimum Gasteiger partial charge on any atom is -0.393 e. The van der Waals surface area contributed by atoms with Gasteiger partial charge in [0.25, 0.3) is 0 Å². The molecule has 0 aromatic heterocycles. The topological polar surface area (TPSA) is 66.4 Å². The SMILES string of the molecule is CC(CS(C)(=O)=O)NCC1CCC(O)CC1. The molecular formula is C11H23NO3S. The Morgan fingerprint density at radius 3 is 2.38 bits per heavy atom. The van der Waals surface area contributed by atoms with Gasteiger partial charge in [-0.3, -0.25) is 0 Å². The lowest BCUT2D eigenvalue weighted by Gasteiger charge is -2.26. The molecule has 0 bridgehead atoms. The third-order valence-corrected chi connectivity index (χ3v) is 4.23. The molecule has 0 spiro atoms. The summed E-state index contributed by atoms with van der Waals surface area (Å²) in [7, 11) is -2.89. The highest BCUT2D eigenvalue weighted by atomic mass is 32.2. The minimum atomic E-state index is -2.89. The summed E-state index contributed by atoms with van der Waals surface area (Å²) in [5.74, 6) is 0.785. The second-order valence-corrected chi connectivity index (χ2v) is 7.26. The Morgan fingerprint density at radius 2 is 1.88 bits per heavy atom. The van der Waals surface area contributed by atoms with E-state index in [0.29, 0.717) is 5.92 Å². The van der Waals surface area contributed by atoms with Crippen molar-refractivity contribution in [3.8, 4) is 0 Å². The van der Waals surface area contributed by atoms with E-state index in [9.17, 15) is 13.5 Å². The molecule has 0 aromatic carbocycles. The fourth-order valence-electron chi connectivity index (χ4n) is 2.23. The predicted molar refractivity (Wildman–Crippen MR) is 65.1 cm³/mol. The molecule has 1 saturated carbocycles. The zero-order valence-electron chi connectivity index (χ0n) is 10.1. The Balaban J connectivity index is 2.19. The van der Waals surface area contributed by atoms with E-state index in [2.05, 4.69) is 5.32 Å².